The Morgan fingerprint density at radius 1 is 1.62 bits per heavy atom. The molecule has 0 aromatic heterocycles. The Labute approximate surface area is 77.0 Å². The summed E-state index contributed by atoms with van der Waals surface area (Å²) < 4.78 is 46.6. The van der Waals surface area contributed by atoms with Crippen LogP contribution in [-0.2, 0) is 14.6 Å². The zero-order valence-electron chi connectivity index (χ0n) is 7.36. The van der Waals surface area contributed by atoms with Gasteiger partial charge >= 0.3 is 10.4 Å². The van der Waals surface area contributed by atoms with Crippen LogP contribution in [0.3, 0.4) is 0 Å². The van der Waals surface area contributed by atoms with E-state index >= 15 is 0 Å². The number of hydrogen-bond acceptors (Lipinski definition) is 3. The predicted molar refractivity (Wildman–Crippen MR) is 44.4 cm³/mol. The average Bonchev–Trinajstić information content (AvgIpc) is 1.79. The van der Waals surface area contributed by atoms with Crippen LogP contribution in [0, 0.1) is 0 Å². The van der Waals surface area contributed by atoms with Crippen LogP contribution < -0.4 is 0 Å². The third-order valence-electron chi connectivity index (χ3n) is 2.18. The highest BCUT2D eigenvalue weighted by atomic mass is 32.3. The van der Waals surface area contributed by atoms with Crippen LogP contribution in [0.4, 0.5) is 4.39 Å². The van der Waals surface area contributed by atoms with E-state index in [2.05, 4.69) is 4.18 Å². The van der Waals surface area contributed by atoms with Gasteiger partial charge in [0.2, 0.25) is 0 Å². The van der Waals surface area contributed by atoms with Crippen LogP contribution in [-0.4, -0.2) is 24.7 Å². The Balaban J connectivity index is 2.65. The monoisotopic (exact) mass is 212 g/mol. The molecule has 0 aromatic rings. The van der Waals surface area contributed by atoms with Gasteiger partial charge in [0.25, 0.3) is 0 Å². The third kappa shape index (κ3) is 3.58. The Hall–Kier alpha value is -0.200. The van der Waals surface area contributed by atoms with E-state index in [1.807, 2.05) is 0 Å². The predicted octanol–water partition coefficient (Wildman–Crippen LogP) is 1.48. The molecule has 1 rings (SSSR count). The SMILES string of the molecule is CC1(OS(=O)(=O)O)CCCC(F)C1. The van der Waals surface area contributed by atoms with Crippen molar-refractivity contribution in [1.29, 1.82) is 0 Å². The molecule has 0 spiro atoms. The molecule has 78 valence electrons. The summed E-state index contributed by atoms with van der Waals surface area (Å²) in [6.45, 7) is 1.49. The second kappa shape index (κ2) is 3.51. The minimum Gasteiger partial charge on any atom is -0.264 e. The topological polar surface area (TPSA) is 63.6 Å². The molecular formula is C7H13FO4S. The van der Waals surface area contributed by atoms with E-state index in [1.54, 1.807) is 0 Å². The first-order valence-electron chi connectivity index (χ1n) is 4.13. The smallest absolute Gasteiger partial charge is 0.264 e. The van der Waals surface area contributed by atoms with E-state index in [9.17, 15) is 12.8 Å². The zero-order chi connectivity index (χ0) is 10.1. The van der Waals surface area contributed by atoms with Gasteiger partial charge in [0.1, 0.15) is 6.17 Å². The van der Waals surface area contributed by atoms with Crippen LogP contribution >= 0.6 is 0 Å². The molecule has 6 heteroatoms. The number of rotatable bonds is 2. The Kier molecular flexibility index (Phi) is 2.94. The average molecular weight is 212 g/mol. The van der Waals surface area contributed by atoms with Crippen molar-refractivity contribution in [1.82, 2.24) is 0 Å². The highest BCUT2D eigenvalue weighted by Gasteiger charge is 2.36. The maximum absolute atomic E-state index is 12.9. The molecule has 2 atom stereocenters. The second-order valence-electron chi connectivity index (χ2n) is 3.65. The standard InChI is InChI=1S/C7H13FO4S/c1-7(12-13(9,10)11)4-2-3-6(8)5-7/h6H,2-5H2,1H3,(H,9,10,11). The van der Waals surface area contributed by atoms with Crippen LogP contribution in [0.25, 0.3) is 0 Å². The van der Waals surface area contributed by atoms with Crippen molar-refractivity contribution < 1.29 is 21.5 Å². The summed E-state index contributed by atoms with van der Waals surface area (Å²) in [5.74, 6) is 0. The molecule has 0 radical (unpaired) electrons. The lowest BCUT2D eigenvalue weighted by Gasteiger charge is -2.33. The number of alkyl halides is 1. The lowest BCUT2D eigenvalue weighted by molar-refractivity contribution is 0.0122. The summed E-state index contributed by atoms with van der Waals surface area (Å²) in [5, 5.41) is 0. The minimum atomic E-state index is -4.47. The molecular weight excluding hydrogens is 199 g/mol. The maximum Gasteiger partial charge on any atom is 0.397 e. The van der Waals surface area contributed by atoms with Gasteiger partial charge in [-0.3, -0.25) is 4.55 Å². The molecule has 0 amide bonds. The minimum absolute atomic E-state index is 0.0206. The van der Waals surface area contributed by atoms with E-state index in [0.29, 0.717) is 19.3 Å². The van der Waals surface area contributed by atoms with Crippen LogP contribution in [0.1, 0.15) is 32.6 Å². The Bertz CT molecular complexity index is 276. The first-order chi connectivity index (χ1) is 5.81. The van der Waals surface area contributed by atoms with Crippen molar-refractivity contribution in [3.05, 3.63) is 0 Å². The van der Waals surface area contributed by atoms with Gasteiger partial charge in [0.05, 0.1) is 5.60 Å². The number of hydrogen-bond donors (Lipinski definition) is 1. The van der Waals surface area contributed by atoms with Crippen molar-refractivity contribution in [3.63, 3.8) is 0 Å². The summed E-state index contributed by atoms with van der Waals surface area (Å²) in [4.78, 5) is 0. The lowest BCUT2D eigenvalue weighted by atomic mass is 9.85. The maximum atomic E-state index is 12.9. The second-order valence-corrected chi connectivity index (χ2v) is 4.68. The van der Waals surface area contributed by atoms with Crippen molar-refractivity contribution >= 4 is 10.4 Å². The summed E-state index contributed by atoms with van der Waals surface area (Å²) in [7, 11) is -4.47. The highest BCUT2D eigenvalue weighted by molar-refractivity contribution is 7.80. The fourth-order valence-electron chi connectivity index (χ4n) is 1.70. The van der Waals surface area contributed by atoms with Crippen molar-refractivity contribution in [2.24, 2.45) is 0 Å². The van der Waals surface area contributed by atoms with Crippen molar-refractivity contribution in [2.45, 2.75) is 44.4 Å². The van der Waals surface area contributed by atoms with E-state index in [4.69, 9.17) is 4.55 Å². The molecule has 2 unspecified atom stereocenters. The molecule has 1 fully saturated rings. The molecule has 1 aliphatic carbocycles. The molecule has 4 nitrogen and oxygen atoms in total. The van der Waals surface area contributed by atoms with Gasteiger partial charge in [-0.1, -0.05) is 0 Å². The highest BCUT2D eigenvalue weighted by Crippen LogP contribution is 2.33. The van der Waals surface area contributed by atoms with Gasteiger partial charge in [-0.25, -0.2) is 8.57 Å². The van der Waals surface area contributed by atoms with Crippen LogP contribution in [0.15, 0.2) is 0 Å². The lowest BCUT2D eigenvalue weighted by Crippen LogP contribution is -2.37. The fourth-order valence-corrected chi connectivity index (χ4v) is 2.36. The van der Waals surface area contributed by atoms with Crippen LogP contribution in [0.5, 0.6) is 0 Å². The molecule has 0 aromatic carbocycles. The van der Waals surface area contributed by atoms with Gasteiger partial charge in [-0.05, 0) is 26.2 Å². The molecule has 0 bridgehead atoms. The summed E-state index contributed by atoms with van der Waals surface area (Å²) in [6.07, 6.45) is 0.443. The van der Waals surface area contributed by atoms with E-state index in [-0.39, 0.29) is 6.42 Å². The molecule has 13 heavy (non-hydrogen) atoms. The summed E-state index contributed by atoms with van der Waals surface area (Å²) in [5.41, 5.74) is -1.08. The normalized spacial score (nSPS) is 36.1. The third-order valence-corrected chi connectivity index (χ3v) is 2.80. The van der Waals surface area contributed by atoms with Gasteiger partial charge in [-0.15, -0.1) is 0 Å². The quantitative estimate of drug-likeness (QED) is 0.704. The fraction of sp³-hybridized carbons (Fsp3) is 1.00. The summed E-state index contributed by atoms with van der Waals surface area (Å²) in [6, 6.07) is 0. The van der Waals surface area contributed by atoms with Gasteiger partial charge < -0.3 is 0 Å². The molecule has 1 N–H and O–H groups in total. The van der Waals surface area contributed by atoms with Crippen LogP contribution in [0.2, 0.25) is 0 Å². The van der Waals surface area contributed by atoms with E-state index in [0.717, 1.165) is 0 Å². The van der Waals surface area contributed by atoms with Crippen molar-refractivity contribution in [3.8, 4) is 0 Å². The van der Waals surface area contributed by atoms with E-state index in [1.165, 1.54) is 6.92 Å². The molecule has 0 aliphatic heterocycles. The largest absolute Gasteiger partial charge is 0.397 e. The van der Waals surface area contributed by atoms with Gasteiger partial charge in [0, 0.05) is 6.42 Å². The van der Waals surface area contributed by atoms with Crippen molar-refractivity contribution in [2.75, 3.05) is 0 Å². The molecule has 0 heterocycles. The Morgan fingerprint density at radius 2 is 2.23 bits per heavy atom. The first kappa shape index (κ1) is 10.9. The molecule has 1 saturated carbocycles. The Morgan fingerprint density at radius 3 is 2.69 bits per heavy atom. The summed E-state index contributed by atoms with van der Waals surface area (Å²) >= 11 is 0. The van der Waals surface area contributed by atoms with Gasteiger partial charge in [0.15, 0.2) is 0 Å². The molecule has 1 aliphatic rings. The first-order valence-corrected chi connectivity index (χ1v) is 5.49. The zero-order valence-corrected chi connectivity index (χ0v) is 8.18. The number of halogens is 1. The van der Waals surface area contributed by atoms with E-state index < -0.39 is 22.2 Å². The van der Waals surface area contributed by atoms with Gasteiger partial charge in [-0.2, -0.15) is 8.42 Å². The molecule has 0 saturated heterocycles.